The van der Waals surface area contributed by atoms with Gasteiger partial charge in [-0.05, 0) is 80.4 Å². The van der Waals surface area contributed by atoms with Crippen molar-refractivity contribution < 1.29 is 4.42 Å². The summed E-state index contributed by atoms with van der Waals surface area (Å²) in [6.45, 7) is 6.79. The van der Waals surface area contributed by atoms with Crippen LogP contribution in [0, 0.1) is 0 Å². The summed E-state index contributed by atoms with van der Waals surface area (Å²) in [5.74, 6) is 0.920. The molecule has 8 aromatic carbocycles. The molecule has 0 saturated heterocycles. The molecule has 0 spiro atoms. The lowest BCUT2D eigenvalue weighted by molar-refractivity contribution is 0.568. The van der Waals surface area contributed by atoms with Crippen LogP contribution in [-0.4, -0.2) is 0 Å². The van der Waals surface area contributed by atoms with E-state index < -0.39 is 0 Å². The molecule has 0 unspecified atom stereocenters. The number of nitrogens with zero attached hydrogens (tertiary/aromatic N) is 1. The molecule has 9 aromatic rings. The fourth-order valence-corrected chi connectivity index (χ4v) is 7.86. The topological polar surface area (TPSA) is 16.4 Å². The number of anilines is 3. The molecule has 0 fully saturated rings. The molecule has 0 aliphatic rings. The first-order valence-corrected chi connectivity index (χ1v) is 18.7. The van der Waals surface area contributed by atoms with Gasteiger partial charge < -0.3 is 9.32 Å². The first-order valence-electron chi connectivity index (χ1n) is 18.7. The Labute approximate surface area is 317 Å². The summed E-state index contributed by atoms with van der Waals surface area (Å²) in [4.78, 5) is 2.37. The molecule has 0 amide bonds. The number of benzene rings is 8. The number of hydrogen-bond donors (Lipinski definition) is 0. The van der Waals surface area contributed by atoms with E-state index in [0.717, 1.165) is 44.9 Å². The van der Waals surface area contributed by atoms with Crippen LogP contribution in [0.1, 0.15) is 26.3 Å². The average Bonchev–Trinajstić information content (AvgIpc) is 3.63. The van der Waals surface area contributed by atoms with Gasteiger partial charge in [0, 0.05) is 33.5 Å². The monoisotopic (exact) mass is 695 g/mol. The zero-order chi connectivity index (χ0) is 36.6. The summed E-state index contributed by atoms with van der Waals surface area (Å²) in [5, 5.41) is 3.69. The van der Waals surface area contributed by atoms with Gasteiger partial charge in [0.15, 0.2) is 0 Å². The van der Waals surface area contributed by atoms with Gasteiger partial charge in [0.25, 0.3) is 0 Å². The van der Waals surface area contributed by atoms with Crippen molar-refractivity contribution >= 4 is 38.8 Å². The Morgan fingerprint density at radius 3 is 1.74 bits per heavy atom. The number of hydrogen-bond acceptors (Lipinski definition) is 2. The van der Waals surface area contributed by atoms with Crippen molar-refractivity contribution in [1.82, 2.24) is 0 Å². The molecule has 0 N–H and O–H groups in total. The maximum atomic E-state index is 6.65. The summed E-state index contributed by atoms with van der Waals surface area (Å²) >= 11 is 0. The minimum Gasteiger partial charge on any atom is -0.456 e. The van der Waals surface area contributed by atoms with E-state index in [2.05, 4.69) is 214 Å². The summed E-state index contributed by atoms with van der Waals surface area (Å²) in [7, 11) is 0. The van der Waals surface area contributed by atoms with Crippen molar-refractivity contribution in [2.45, 2.75) is 26.2 Å². The van der Waals surface area contributed by atoms with Crippen LogP contribution in [0.15, 0.2) is 199 Å². The molecule has 0 saturated carbocycles. The minimum atomic E-state index is -0.111. The van der Waals surface area contributed by atoms with E-state index in [0.29, 0.717) is 0 Å². The average molecular weight is 696 g/mol. The predicted octanol–water partition coefficient (Wildman–Crippen LogP) is 15.0. The highest BCUT2D eigenvalue weighted by Gasteiger charge is 2.27. The Bertz CT molecular complexity index is 2730. The molecule has 0 aliphatic carbocycles. The highest BCUT2D eigenvalue weighted by molar-refractivity contribution is 5.97. The molecule has 0 atom stereocenters. The van der Waals surface area contributed by atoms with Gasteiger partial charge >= 0.3 is 0 Å². The number of furan rings is 1. The number of rotatable bonds is 7. The van der Waals surface area contributed by atoms with Gasteiger partial charge in [-0.1, -0.05) is 178 Å². The van der Waals surface area contributed by atoms with Gasteiger partial charge in [-0.15, -0.1) is 0 Å². The van der Waals surface area contributed by atoms with Crippen molar-refractivity contribution in [2.24, 2.45) is 0 Å². The molecule has 2 nitrogen and oxygen atoms in total. The third-order valence-electron chi connectivity index (χ3n) is 10.4. The van der Waals surface area contributed by atoms with Crippen LogP contribution in [-0.2, 0) is 5.41 Å². The third-order valence-corrected chi connectivity index (χ3v) is 10.4. The quantitative estimate of drug-likeness (QED) is 0.165. The predicted molar refractivity (Wildman–Crippen MR) is 229 cm³/mol. The van der Waals surface area contributed by atoms with Crippen LogP contribution in [0.5, 0.6) is 0 Å². The van der Waals surface area contributed by atoms with Gasteiger partial charge in [0.2, 0.25) is 0 Å². The maximum absolute atomic E-state index is 6.65. The van der Waals surface area contributed by atoms with Crippen LogP contribution in [0.4, 0.5) is 17.1 Å². The molecular formula is C52H41NO. The summed E-state index contributed by atoms with van der Waals surface area (Å²) < 4.78 is 6.65. The molecule has 2 heteroatoms. The Morgan fingerprint density at radius 2 is 0.963 bits per heavy atom. The van der Waals surface area contributed by atoms with Crippen molar-refractivity contribution in [3.8, 4) is 44.7 Å². The second kappa shape index (κ2) is 13.7. The zero-order valence-electron chi connectivity index (χ0n) is 30.8. The van der Waals surface area contributed by atoms with E-state index in [1.54, 1.807) is 0 Å². The lowest BCUT2D eigenvalue weighted by Gasteiger charge is -2.28. The van der Waals surface area contributed by atoms with Crippen LogP contribution in [0.3, 0.4) is 0 Å². The van der Waals surface area contributed by atoms with Crippen molar-refractivity contribution in [2.75, 3.05) is 4.90 Å². The molecule has 0 aliphatic heterocycles. The molecule has 1 heterocycles. The van der Waals surface area contributed by atoms with Gasteiger partial charge in [-0.2, -0.15) is 0 Å². The Kier molecular flexibility index (Phi) is 8.44. The second-order valence-electron chi connectivity index (χ2n) is 15.0. The van der Waals surface area contributed by atoms with Gasteiger partial charge in [0.05, 0.1) is 5.69 Å². The van der Waals surface area contributed by atoms with Crippen LogP contribution in [0.25, 0.3) is 66.4 Å². The third kappa shape index (κ3) is 6.16. The van der Waals surface area contributed by atoms with Crippen LogP contribution >= 0.6 is 0 Å². The van der Waals surface area contributed by atoms with Crippen molar-refractivity contribution in [3.05, 3.63) is 200 Å². The molecular weight excluding hydrogens is 655 g/mol. The Morgan fingerprint density at radius 1 is 0.407 bits per heavy atom. The standard InChI is InChI=1S/C52H41NO/c1-52(2,3)50-47-23-10-12-26-49(47)54-51(50)41-19-13-20-43(35-41)53(48-25-11-9-22-46(48)39-15-5-4-6-16-39)42-33-31-37(32-34-42)36-27-29-40(30-28-36)45-24-14-18-38-17-7-8-21-44(38)45/h4-35H,1-3H3. The lowest BCUT2D eigenvalue weighted by atomic mass is 9.83. The first-order chi connectivity index (χ1) is 26.4. The van der Waals surface area contributed by atoms with E-state index >= 15 is 0 Å². The summed E-state index contributed by atoms with van der Waals surface area (Å²) in [6, 6.07) is 69.5. The van der Waals surface area contributed by atoms with Gasteiger partial charge in [-0.3, -0.25) is 0 Å². The minimum absolute atomic E-state index is 0.111. The molecule has 54 heavy (non-hydrogen) atoms. The van der Waals surface area contributed by atoms with Crippen LogP contribution in [0.2, 0.25) is 0 Å². The van der Waals surface area contributed by atoms with Gasteiger partial charge in [0.1, 0.15) is 11.3 Å². The SMILES string of the molecule is CC(C)(C)c1c(-c2cccc(N(c3ccc(-c4ccc(-c5cccc6ccccc56)cc4)cc3)c3ccccc3-c3ccccc3)c2)oc2ccccc12. The van der Waals surface area contributed by atoms with Gasteiger partial charge in [-0.25, -0.2) is 0 Å². The smallest absolute Gasteiger partial charge is 0.139 e. The second-order valence-corrected chi connectivity index (χ2v) is 15.0. The maximum Gasteiger partial charge on any atom is 0.139 e. The van der Waals surface area contributed by atoms with E-state index in [1.807, 2.05) is 6.07 Å². The van der Waals surface area contributed by atoms with E-state index in [4.69, 9.17) is 4.42 Å². The molecule has 260 valence electrons. The normalized spacial score (nSPS) is 11.6. The molecule has 0 bridgehead atoms. The lowest BCUT2D eigenvalue weighted by Crippen LogP contribution is -2.12. The fraction of sp³-hybridized carbons (Fsp3) is 0.0769. The molecule has 0 radical (unpaired) electrons. The Hall–Kier alpha value is -6.64. The zero-order valence-corrected chi connectivity index (χ0v) is 30.8. The van der Waals surface area contributed by atoms with E-state index in [1.165, 1.54) is 44.2 Å². The fourth-order valence-electron chi connectivity index (χ4n) is 7.86. The van der Waals surface area contributed by atoms with Crippen molar-refractivity contribution in [3.63, 3.8) is 0 Å². The van der Waals surface area contributed by atoms with Crippen LogP contribution < -0.4 is 4.90 Å². The molecule has 1 aromatic heterocycles. The number of para-hydroxylation sites is 2. The first kappa shape index (κ1) is 33.2. The molecule has 9 rings (SSSR count). The highest BCUT2D eigenvalue weighted by Crippen LogP contribution is 2.45. The van der Waals surface area contributed by atoms with Crippen molar-refractivity contribution in [1.29, 1.82) is 0 Å². The van der Waals surface area contributed by atoms with E-state index in [-0.39, 0.29) is 5.41 Å². The number of fused-ring (bicyclic) bond motifs is 2. The Balaban J connectivity index is 1.14. The largest absolute Gasteiger partial charge is 0.456 e. The highest BCUT2D eigenvalue weighted by atomic mass is 16.3. The van der Waals surface area contributed by atoms with E-state index in [9.17, 15) is 0 Å². The summed E-state index contributed by atoms with van der Waals surface area (Å²) in [6.07, 6.45) is 0. The summed E-state index contributed by atoms with van der Waals surface area (Å²) in [5.41, 5.74) is 13.5.